The van der Waals surface area contributed by atoms with Gasteiger partial charge in [0, 0.05) is 29.5 Å². The van der Waals surface area contributed by atoms with Crippen LogP contribution in [0.1, 0.15) is 12.8 Å². The fourth-order valence-electron chi connectivity index (χ4n) is 2.32. The predicted molar refractivity (Wildman–Crippen MR) is 98.4 cm³/mol. The lowest BCUT2D eigenvalue weighted by Gasteiger charge is -2.08. The van der Waals surface area contributed by atoms with Crippen molar-refractivity contribution < 1.29 is 9.53 Å². The van der Waals surface area contributed by atoms with E-state index in [1.54, 1.807) is 23.0 Å². The molecule has 128 valence electrons. The smallest absolute Gasteiger partial charge is 0.224 e. The number of ether oxygens (including phenoxy) is 1. The van der Waals surface area contributed by atoms with Gasteiger partial charge in [0.25, 0.3) is 0 Å². The quantitative estimate of drug-likeness (QED) is 0.642. The van der Waals surface area contributed by atoms with Gasteiger partial charge in [0.2, 0.25) is 5.91 Å². The SMILES string of the molecule is O=C(CCCOc1ccc(Cl)cc1)Nc1cccc(-n2cccn2)c1. The van der Waals surface area contributed by atoms with Crippen LogP contribution in [0.2, 0.25) is 5.02 Å². The summed E-state index contributed by atoms with van der Waals surface area (Å²) in [6.45, 7) is 0.475. The third-order valence-corrected chi connectivity index (χ3v) is 3.78. The third kappa shape index (κ3) is 5.09. The van der Waals surface area contributed by atoms with Crippen molar-refractivity contribution in [3.8, 4) is 11.4 Å². The van der Waals surface area contributed by atoms with E-state index in [4.69, 9.17) is 16.3 Å². The molecule has 0 aliphatic heterocycles. The van der Waals surface area contributed by atoms with E-state index in [9.17, 15) is 4.79 Å². The molecule has 0 radical (unpaired) electrons. The monoisotopic (exact) mass is 355 g/mol. The van der Waals surface area contributed by atoms with E-state index in [0.29, 0.717) is 24.5 Å². The molecule has 1 N–H and O–H groups in total. The Hall–Kier alpha value is -2.79. The van der Waals surface area contributed by atoms with E-state index in [0.717, 1.165) is 17.1 Å². The van der Waals surface area contributed by atoms with Crippen molar-refractivity contribution in [1.82, 2.24) is 9.78 Å². The number of nitrogens with one attached hydrogen (secondary N) is 1. The van der Waals surface area contributed by atoms with Crippen LogP contribution in [0.5, 0.6) is 5.75 Å². The van der Waals surface area contributed by atoms with Gasteiger partial charge in [0.15, 0.2) is 0 Å². The fourth-order valence-corrected chi connectivity index (χ4v) is 2.45. The lowest BCUT2D eigenvalue weighted by atomic mass is 10.2. The maximum atomic E-state index is 12.1. The lowest BCUT2D eigenvalue weighted by Crippen LogP contribution is -2.13. The highest BCUT2D eigenvalue weighted by atomic mass is 35.5. The molecule has 0 unspecified atom stereocenters. The molecular weight excluding hydrogens is 338 g/mol. The van der Waals surface area contributed by atoms with E-state index >= 15 is 0 Å². The summed E-state index contributed by atoms with van der Waals surface area (Å²) < 4.78 is 7.33. The van der Waals surface area contributed by atoms with Gasteiger partial charge in [-0.05, 0) is 55.0 Å². The van der Waals surface area contributed by atoms with E-state index in [1.165, 1.54) is 0 Å². The Balaban J connectivity index is 1.45. The van der Waals surface area contributed by atoms with E-state index < -0.39 is 0 Å². The van der Waals surface area contributed by atoms with Gasteiger partial charge < -0.3 is 10.1 Å². The number of amides is 1. The average molecular weight is 356 g/mol. The molecule has 0 bridgehead atoms. The van der Waals surface area contributed by atoms with Gasteiger partial charge >= 0.3 is 0 Å². The molecule has 0 aliphatic rings. The zero-order chi connectivity index (χ0) is 17.5. The maximum Gasteiger partial charge on any atom is 0.224 e. The van der Waals surface area contributed by atoms with Crippen molar-refractivity contribution >= 4 is 23.2 Å². The summed E-state index contributed by atoms with van der Waals surface area (Å²) in [6, 6.07) is 16.6. The zero-order valence-corrected chi connectivity index (χ0v) is 14.3. The number of rotatable bonds is 7. The molecule has 0 aliphatic carbocycles. The summed E-state index contributed by atoms with van der Waals surface area (Å²) >= 11 is 5.82. The molecule has 3 aromatic rings. The Morgan fingerprint density at radius 1 is 1.16 bits per heavy atom. The van der Waals surface area contributed by atoms with Crippen molar-refractivity contribution in [2.75, 3.05) is 11.9 Å². The highest BCUT2D eigenvalue weighted by Crippen LogP contribution is 2.16. The van der Waals surface area contributed by atoms with Crippen LogP contribution in [0.15, 0.2) is 67.0 Å². The summed E-state index contributed by atoms with van der Waals surface area (Å²) in [5, 5.41) is 7.75. The van der Waals surface area contributed by atoms with Gasteiger partial charge in [-0.2, -0.15) is 5.10 Å². The normalized spacial score (nSPS) is 10.4. The molecule has 3 rings (SSSR count). The molecule has 0 saturated heterocycles. The van der Waals surface area contributed by atoms with Crippen LogP contribution in [0.3, 0.4) is 0 Å². The Kier molecular flexibility index (Phi) is 5.69. The maximum absolute atomic E-state index is 12.1. The van der Waals surface area contributed by atoms with Crippen LogP contribution in [-0.4, -0.2) is 22.3 Å². The number of aromatic nitrogens is 2. The van der Waals surface area contributed by atoms with Crippen LogP contribution in [0.4, 0.5) is 5.69 Å². The molecule has 25 heavy (non-hydrogen) atoms. The second-order valence-electron chi connectivity index (χ2n) is 5.46. The first-order valence-electron chi connectivity index (χ1n) is 7.99. The van der Waals surface area contributed by atoms with Gasteiger partial charge in [0.05, 0.1) is 12.3 Å². The molecule has 1 heterocycles. The van der Waals surface area contributed by atoms with E-state index in [-0.39, 0.29) is 5.91 Å². The van der Waals surface area contributed by atoms with Crippen molar-refractivity contribution in [3.05, 3.63) is 72.0 Å². The van der Waals surface area contributed by atoms with Crippen LogP contribution >= 0.6 is 11.6 Å². The van der Waals surface area contributed by atoms with Crippen LogP contribution in [-0.2, 0) is 4.79 Å². The standard InChI is InChI=1S/C19H18ClN3O2/c20-15-7-9-18(10-8-15)25-13-2-6-19(24)22-16-4-1-5-17(14-16)23-12-3-11-21-23/h1,3-5,7-12,14H,2,6,13H2,(H,22,24). The van der Waals surface area contributed by atoms with Crippen LogP contribution < -0.4 is 10.1 Å². The zero-order valence-electron chi connectivity index (χ0n) is 13.6. The average Bonchev–Trinajstić information content (AvgIpc) is 3.15. The first-order valence-corrected chi connectivity index (χ1v) is 8.37. The minimum Gasteiger partial charge on any atom is -0.494 e. The first-order chi connectivity index (χ1) is 12.2. The number of hydrogen-bond acceptors (Lipinski definition) is 3. The number of nitrogens with zero attached hydrogens (tertiary/aromatic N) is 2. The topological polar surface area (TPSA) is 56.1 Å². The van der Waals surface area contributed by atoms with Crippen molar-refractivity contribution in [1.29, 1.82) is 0 Å². The molecule has 0 atom stereocenters. The number of hydrogen-bond donors (Lipinski definition) is 1. The van der Waals surface area contributed by atoms with Crippen LogP contribution in [0.25, 0.3) is 5.69 Å². The Bertz CT molecular complexity index is 817. The molecule has 0 saturated carbocycles. The number of anilines is 1. The number of halogens is 1. The predicted octanol–water partition coefficient (Wildman–Crippen LogP) is 4.32. The largest absolute Gasteiger partial charge is 0.494 e. The Labute approximate surface area is 151 Å². The first kappa shape index (κ1) is 17.0. The van der Waals surface area contributed by atoms with Crippen molar-refractivity contribution in [2.45, 2.75) is 12.8 Å². The summed E-state index contributed by atoms with van der Waals surface area (Å²) in [7, 11) is 0. The van der Waals surface area contributed by atoms with E-state index in [2.05, 4.69) is 10.4 Å². The number of carbonyl (C=O) groups excluding carboxylic acids is 1. The molecule has 6 heteroatoms. The summed E-state index contributed by atoms with van der Waals surface area (Å²) in [5.41, 5.74) is 1.64. The molecule has 1 aromatic heterocycles. The van der Waals surface area contributed by atoms with E-state index in [1.807, 2.05) is 48.7 Å². The number of carbonyl (C=O) groups is 1. The molecular formula is C19H18ClN3O2. The highest BCUT2D eigenvalue weighted by Gasteiger charge is 2.04. The van der Waals surface area contributed by atoms with Crippen LogP contribution in [0, 0.1) is 0 Å². The van der Waals surface area contributed by atoms with Crippen molar-refractivity contribution in [2.24, 2.45) is 0 Å². The van der Waals surface area contributed by atoms with Gasteiger partial charge in [-0.3, -0.25) is 4.79 Å². The minimum atomic E-state index is -0.0441. The van der Waals surface area contributed by atoms with Gasteiger partial charge in [0.1, 0.15) is 5.75 Å². The third-order valence-electron chi connectivity index (χ3n) is 3.53. The lowest BCUT2D eigenvalue weighted by molar-refractivity contribution is -0.116. The summed E-state index contributed by atoms with van der Waals surface area (Å²) in [5.74, 6) is 0.703. The minimum absolute atomic E-state index is 0.0441. The van der Waals surface area contributed by atoms with Crippen molar-refractivity contribution in [3.63, 3.8) is 0 Å². The fraction of sp³-hybridized carbons (Fsp3) is 0.158. The Morgan fingerprint density at radius 2 is 2.00 bits per heavy atom. The molecule has 2 aromatic carbocycles. The highest BCUT2D eigenvalue weighted by molar-refractivity contribution is 6.30. The second kappa shape index (κ2) is 8.35. The molecule has 0 spiro atoms. The molecule has 1 amide bonds. The summed E-state index contributed by atoms with van der Waals surface area (Å²) in [6.07, 6.45) is 4.59. The van der Waals surface area contributed by atoms with Gasteiger partial charge in [-0.25, -0.2) is 4.68 Å². The van der Waals surface area contributed by atoms with Gasteiger partial charge in [-0.1, -0.05) is 17.7 Å². The second-order valence-corrected chi connectivity index (χ2v) is 5.89. The number of benzene rings is 2. The van der Waals surface area contributed by atoms with Gasteiger partial charge in [-0.15, -0.1) is 0 Å². The Morgan fingerprint density at radius 3 is 2.76 bits per heavy atom. The summed E-state index contributed by atoms with van der Waals surface area (Å²) in [4.78, 5) is 12.1. The molecule has 0 fully saturated rings. The molecule has 5 nitrogen and oxygen atoms in total.